The van der Waals surface area contributed by atoms with Gasteiger partial charge in [-0.05, 0) is 38.0 Å². The molecular formula is C15H28N2O2. The predicted octanol–water partition coefficient (Wildman–Crippen LogP) is 1.65. The monoisotopic (exact) mass is 268 g/mol. The molecule has 0 aromatic heterocycles. The van der Waals surface area contributed by atoms with Gasteiger partial charge in [-0.3, -0.25) is 9.69 Å². The zero-order valence-corrected chi connectivity index (χ0v) is 12.6. The highest BCUT2D eigenvalue weighted by Gasteiger charge is 2.49. The minimum absolute atomic E-state index is 0.00954. The first-order valence-corrected chi connectivity index (χ1v) is 7.71. The second-order valence-electron chi connectivity index (χ2n) is 6.34. The minimum Gasteiger partial charge on any atom is -0.465 e. The second kappa shape index (κ2) is 6.23. The molecule has 1 saturated heterocycles. The fourth-order valence-electron chi connectivity index (χ4n) is 4.00. The van der Waals surface area contributed by atoms with Crippen molar-refractivity contribution in [3.05, 3.63) is 0 Å². The van der Waals surface area contributed by atoms with E-state index in [-0.39, 0.29) is 11.5 Å². The standard InChI is InChI=1S/C15H28N2O2/c1-4-19-14(18)15(17-7-5-16-6-8-17)10-12(2)9-13(3)11-15/h12-13,16H,4-11H2,1-3H3. The molecule has 0 bridgehead atoms. The maximum absolute atomic E-state index is 12.6. The Balaban J connectivity index is 2.22. The van der Waals surface area contributed by atoms with Crippen LogP contribution in [-0.4, -0.2) is 49.2 Å². The number of nitrogens with zero attached hydrogens (tertiary/aromatic N) is 1. The molecule has 0 amide bonds. The molecule has 2 unspecified atom stereocenters. The second-order valence-corrected chi connectivity index (χ2v) is 6.34. The normalized spacial score (nSPS) is 37.0. The summed E-state index contributed by atoms with van der Waals surface area (Å²) in [6.07, 6.45) is 3.14. The first-order valence-electron chi connectivity index (χ1n) is 7.71. The van der Waals surface area contributed by atoms with Gasteiger partial charge in [-0.25, -0.2) is 0 Å². The number of ether oxygens (including phenoxy) is 1. The van der Waals surface area contributed by atoms with Crippen LogP contribution in [0, 0.1) is 11.8 Å². The number of esters is 1. The molecule has 4 heteroatoms. The van der Waals surface area contributed by atoms with Gasteiger partial charge in [0.05, 0.1) is 6.61 Å². The zero-order valence-electron chi connectivity index (χ0n) is 12.6. The van der Waals surface area contributed by atoms with E-state index >= 15 is 0 Å². The van der Waals surface area contributed by atoms with Crippen LogP contribution in [0.2, 0.25) is 0 Å². The Bertz CT molecular complexity index is 303. The molecule has 0 spiro atoms. The van der Waals surface area contributed by atoms with Gasteiger partial charge in [0.15, 0.2) is 0 Å². The van der Waals surface area contributed by atoms with Gasteiger partial charge in [0, 0.05) is 26.2 Å². The number of carbonyl (C=O) groups is 1. The van der Waals surface area contributed by atoms with E-state index in [1.54, 1.807) is 0 Å². The van der Waals surface area contributed by atoms with E-state index < -0.39 is 0 Å². The van der Waals surface area contributed by atoms with E-state index in [2.05, 4.69) is 24.1 Å². The Hall–Kier alpha value is -0.610. The molecule has 4 nitrogen and oxygen atoms in total. The average molecular weight is 268 g/mol. The van der Waals surface area contributed by atoms with Crippen molar-refractivity contribution in [2.45, 2.75) is 45.6 Å². The smallest absolute Gasteiger partial charge is 0.326 e. The SMILES string of the molecule is CCOC(=O)C1(N2CCNCC2)CC(C)CC(C)C1. The van der Waals surface area contributed by atoms with Crippen molar-refractivity contribution in [2.75, 3.05) is 32.8 Å². The van der Waals surface area contributed by atoms with Crippen molar-refractivity contribution in [3.63, 3.8) is 0 Å². The molecule has 0 aromatic rings. The van der Waals surface area contributed by atoms with E-state index in [0.717, 1.165) is 39.0 Å². The molecule has 0 aromatic carbocycles. The summed E-state index contributed by atoms with van der Waals surface area (Å²) < 4.78 is 5.43. The third-order valence-electron chi connectivity index (χ3n) is 4.55. The predicted molar refractivity (Wildman–Crippen MR) is 76.0 cm³/mol. The lowest BCUT2D eigenvalue weighted by Crippen LogP contribution is -2.63. The number of piperazine rings is 1. The molecule has 1 heterocycles. The fraction of sp³-hybridized carbons (Fsp3) is 0.933. The molecule has 2 aliphatic rings. The summed E-state index contributed by atoms with van der Waals surface area (Å²) in [6.45, 7) is 10.8. The number of hydrogen-bond acceptors (Lipinski definition) is 4. The Morgan fingerprint density at radius 2 is 1.84 bits per heavy atom. The van der Waals surface area contributed by atoms with Crippen LogP contribution in [-0.2, 0) is 9.53 Å². The topological polar surface area (TPSA) is 41.6 Å². The number of rotatable bonds is 3. The number of nitrogens with one attached hydrogen (secondary N) is 1. The Kier molecular flexibility index (Phi) is 4.85. The summed E-state index contributed by atoms with van der Waals surface area (Å²) >= 11 is 0. The summed E-state index contributed by atoms with van der Waals surface area (Å²) in [4.78, 5) is 15.0. The lowest BCUT2D eigenvalue weighted by Gasteiger charge is -2.49. The van der Waals surface area contributed by atoms with Crippen molar-refractivity contribution >= 4 is 5.97 Å². The Labute approximate surface area is 116 Å². The van der Waals surface area contributed by atoms with Gasteiger partial charge < -0.3 is 10.1 Å². The fourth-order valence-corrected chi connectivity index (χ4v) is 4.00. The molecule has 1 aliphatic heterocycles. The Morgan fingerprint density at radius 1 is 1.26 bits per heavy atom. The van der Waals surface area contributed by atoms with Crippen LogP contribution in [0.3, 0.4) is 0 Å². The van der Waals surface area contributed by atoms with Crippen molar-refractivity contribution in [2.24, 2.45) is 11.8 Å². The van der Waals surface area contributed by atoms with E-state index in [0.29, 0.717) is 18.4 Å². The van der Waals surface area contributed by atoms with Gasteiger partial charge in [0.2, 0.25) is 0 Å². The number of carbonyl (C=O) groups excluding carboxylic acids is 1. The highest BCUT2D eigenvalue weighted by atomic mass is 16.5. The molecule has 1 aliphatic carbocycles. The molecule has 1 saturated carbocycles. The lowest BCUT2D eigenvalue weighted by atomic mass is 9.70. The van der Waals surface area contributed by atoms with E-state index in [9.17, 15) is 4.79 Å². The minimum atomic E-state index is -0.366. The molecule has 1 N–H and O–H groups in total. The van der Waals surface area contributed by atoms with E-state index in [4.69, 9.17) is 4.74 Å². The van der Waals surface area contributed by atoms with Gasteiger partial charge in [0.1, 0.15) is 5.54 Å². The number of hydrogen-bond donors (Lipinski definition) is 1. The summed E-state index contributed by atoms with van der Waals surface area (Å²) in [5.74, 6) is 1.21. The highest BCUT2D eigenvalue weighted by molar-refractivity contribution is 5.81. The van der Waals surface area contributed by atoms with Crippen LogP contribution in [0.15, 0.2) is 0 Å². The lowest BCUT2D eigenvalue weighted by molar-refractivity contribution is -0.164. The van der Waals surface area contributed by atoms with Gasteiger partial charge in [-0.1, -0.05) is 13.8 Å². The van der Waals surface area contributed by atoms with Crippen molar-refractivity contribution in [3.8, 4) is 0 Å². The van der Waals surface area contributed by atoms with Crippen LogP contribution >= 0.6 is 0 Å². The molecular weight excluding hydrogens is 240 g/mol. The maximum Gasteiger partial charge on any atom is 0.326 e. The van der Waals surface area contributed by atoms with Crippen LogP contribution in [0.25, 0.3) is 0 Å². The quantitative estimate of drug-likeness (QED) is 0.790. The van der Waals surface area contributed by atoms with Crippen LogP contribution in [0.5, 0.6) is 0 Å². The van der Waals surface area contributed by atoms with Crippen molar-refractivity contribution in [1.29, 1.82) is 0 Å². The largest absolute Gasteiger partial charge is 0.465 e. The maximum atomic E-state index is 12.6. The summed E-state index contributed by atoms with van der Waals surface area (Å²) in [7, 11) is 0. The molecule has 19 heavy (non-hydrogen) atoms. The van der Waals surface area contributed by atoms with Crippen LogP contribution < -0.4 is 5.32 Å². The molecule has 2 rings (SSSR count). The molecule has 2 atom stereocenters. The first-order chi connectivity index (χ1) is 9.08. The summed E-state index contributed by atoms with van der Waals surface area (Å²) in [5.41, 5.74) is -0.366. The van der Waals surface area contributed by atoms with Gasteiger partial charge >= 0.3 is 5.97 Å². The third-order valence-corrected chi connectivity index (χ3v) is 4.55. The van der Waals surface area contributed by atoms with Gasteiger partial charge in [-0.2, -0.15) is 0 Å². The summed E-state index contributed by atoms with van der Waals surface area (Å²) in [5, 5.41) is 3.37. The Morgan fingerprint density at radius 3 is 2.37 bits per heavy atom. The van der Waals surface area contributed by atoms with Crippen molar-refractivity contribution < 1.29 is 9.53 Å². The van der Waals surface area contributed by atoms with E-state index in [1.165, 1.54) is 6.42 Å². The average Bonchev–Trinajstić information content (AvgIpc) is 2.38. The highest BCUT2D eigenvalue weighted by Crippen LogP contribution is 2.41. The summed E-state index contributed by atoms with van der Waals surface area (Å²) in [6, 6.07) is 0. The zero-order chi connectivity index (χ0) is 13.9. The van der Waals surface area contributed by atoms with Crippen LogP contribution in [0.4, 0.5) is 0 Å². The molecule has 2 fully saturated rings. The van der Waals surface area contributed by atoms with Gasteiger partial charge in [0.25, 0.3) is 0 Å². The first kappa shape index (κ1) is 14.8. The third kappa shape index (κ3) is 3.11. The van der Waals surface area contributed by atoms with E-state index in [1.807, 2.05) is 6.92 Å². The van der Waals surface area contributed by atoms with Gasteiger partial charge in [-0.15, -0.1) is 0 Å². The van der Waals surface area contributed by atoms with Crippen molar-refractivity contribution in [1.82, 2.24) is 10.2 Å². The molecule has 110 valence electrons. The van der Waals surface area contributed by atoms with Crippen LogP contribution in [0.1, 0.15) is 40.0 Å². The molecule has 0 radical (unpaired) electrons.